The van der Waals surface area contributed by atoms with E-state index in [0.29, 0.717) is 12.0 Å². The van der Waals surface area contributed by atoms with Crippen molar-refractivity contribution in [1.29, 1.82) is 0 Å². The van der Waals surface area contributed by atoms with Crippen LogP contribution in [0.5, 0.6) is 0 Å². The third kappa shape index (κ3) is 1.58. The Balaban J connectivity index is 2.33. The molecule has 0 amide bonds. The highest BCUT2D eigenvalue weighted by Crippen LogP contribution is 2.13. The van der Waals surface area contributed by atoms with E-state index in [1.165, 1.54) is 0 Å². The molecule has 1 aliphatic heterocycles. The van der Waals surface area contributed by atoms with Gasteiger partial charge in [-0.2, -0.15) is 0 Å². The monoisotopic (exact) mass is 140 g/mol. The first kappa shape index (κ1) is 7.76. The van der Waals surface area contributed by atoms with E-state index >= 15 is 0 Å². The molecule has 0 aromatic carbocycles. The molecule has 1 saturated heterocycles. The summed E-state index contributed by atoms with van der Waals surface area (Å²) < 4.78 is 0. The van der Waals surface area contributed by atoms with Gasteiger partial charge in [0, 0.05) is 25.7 Å². The molecule has 58 valence electrons. The van der Waals surface area contributed by atoms with E-state index in [2.05, 4.69) is 18.4 Å². The quantitative estimate of drug-likeness (QED) is 0.564. The highest BCUT2D eigenvalue weighted by Gasteiger charge is 2.24. The van der Waals surface area contributed by atoms with Gasteiger partial charge in [0.05, 0.1) is 0 Å². The fraction of sp³-hybridized carbons (Fsp3) is 0.750. The van der Waals surface area contributed by atoms with Crippen molar-refractivity contribution in [2.75, 3.05) is 19.6 Å². The van der Waals surface area contributed by atoms with E-state index in [1.54, 1.807) is 0 Å². The van der Waals surface area contributed by atoms with Crippen LogP contribution in [0.4, 0.5) is 0 Å². The Morgan fingerprint density at radius 1 is 1.70 bits per heavy atom. The Morgan fingerprint density at radius 2 is 2.40 bits per heavy atom. The van der Waals surface area contributed by atoms with Crippen LogP contribution in [-0.4, -0.2) is 30.6 Å². The molecule has 1 heterocycles. The molecular formula is C8H16N2. The molecule has 1 aliphatic rings. The minimum absolute atomic E-state index is 0.375. The number of hydrogen-bond acceptors (Lipinski definition) is 2. The molecule has 10 heavy (non-hydrogen) atoms. The zero-order valence-corrected chi connectivity index (χ0v) is 6.59. The van der Waals surface area contributed by atoms with E-state index < -0.39 is 0 Å². The molecule has 2 N–H and O–H groups in total. The van der Waals surface area contributed by atoms with Gasteiger partial charge < -0.3 is 5.73 Å². The van der Waals surface area contributed by atoms with Gasteiger partial charge in [0.25, 0.3) is 0 Å². The van der Waals surface area contributed by atoms with E-state index in [4.69, 9.17) is 5.73 Å². The van der Waals surface area contributed by atoms with E-state index in [1.807, 2.05) is 6.08 Å². The van der Waals surface area contributed by atoms with Crippen LogP contribution in [0.1, 0.15) is 6.92 Å². The SMILES string of the molecule is C=CCN1CC(C)C(N)C1. The fourth-order valence-corrected chi connectivity index (χ4v) is 1.43. The molecule has 2 unspecified atom stereocenters. The van der Waals surface area contributed by atoms with Gasteiger partial charge in [-0.3, -0.25) is 4.90 Å². The molecule has 0 aliphatic carbocycles. The van der Waals surface area contributed by atoms with Gasteiger partial charge in [-0.1, -0.05) is 13.0 Å². The molecule has 2 atom stereocenters. The maximum Gasteiger partial charge on any atom is 0.0206 e. The topological polar surface area (TPSA) is 29.3 Å². The maximum absolute atomic E-state index is 5.82. The largest absolute Gasteiger partial charge is 0.326 e. The summed E-state index contributed by atoms with van der Waals surface area (Å²) in [6.07, 6.45) is 1.94. The average Bonchev–Trinajstić information content (AvgIpc) is 2.14. The molecule has 0 bridgehead atoms. The third-order valence-corrected chi connectivity index (χ3v) is 2.13. The van der Waals surface area contributed by atoms with E-state index in [9.17, 15) is 0 Å². The van der Waals surface area contributed by atoms with Crippen LogP contribution in [0.15, 0.2) is 12.7 Å². The second-order valence-electron chi connectivity index (χ2n) is 3.15. The number of rotatable bonds is 2. The molecule has 0 radical (unpaired) electrons. The lowest BCUT2D eigenvalue weighted by Crippen LogP contribution is -2.28. The van der Waals surface area contributed by atoms with Crippen LogP contribution in [0.2, 0.25) is 0 Å². The predicted molar refractivity (Wildman–Crippen MR) is 43.8 cm³/mol. The van der Waals surface area contributed by atoms with E-state index in [-0.39, 0.29) is 0 Å². The van der Waals surface area contributed by atoms with Crippen LogP contribution >= 0.6 is 0 Å². The molecule has 0 spiro atoms. The first-order chi connectivity index (χ1) is 4.74. The van der Waals surface area contributed by atoms with Crippen molar-refractivity contribution in [1.82, 2.24) is 4.90 Å². The number of likely N-dealkylation sites (tertiary alicyclic amines) is 1. The second kappa shape index (κ2) is 3.17. The highest BCUT2D eigenvalue weighted by molar-refractivity contribution is 4.87. The Kier molecular flexibility index (Phi) is 2.46. The first-order valence-corrected chi connectivity index (χ1v) is 3.83. The molecule has 2 nitrogen and oxygen atoms in total. The van der Waals surface area contributed by atoms with Gasteiger partial charge in [0.1, 0.15) is 0 Å². The molecule has 1 fully saturated rings. The van der Waals surface area contributed by atoms with Gasteiger partial charge in [-0.15, -0.1) is 6.58 Å². The van der Waals surface area contributed by atoms with Gasteiger partial charge in [-0.05, 0) is 5.92 Å². The molecular weight excluding hydrogens is 124 g/mol. The number of nitrogens with zero attached hydrogens (tertiary/aromatic N) is 1. The van der Waals surface area contributed by atoms with Crippen molar-refractivity contribution >= 4 is 0 Å². The molecule has 2 heteroatoms. The van der Waals surface area contributed by atoms with Crippen LogP contribution in [-0.2, 0) is 0 Å². The zero-order valence-electron chi connectivity index (χ0n) is 6.59. The minimum atomic E-state index is 0.375. The van der Waals surface area contributed by atoms with Crippen LogP contribution in [0.25, 0.3) is 0 Å². The Morgan fingerprint density at radius 3 is 2.80 bits per heavy atom. The maximum atomic E-state index is 5.82. The lowest BCUT2D eigenvalue weighted by Gasteiger charge is -2.10. The summed E-state index contributed by atoms with van der Waals surface area (Å²) in [6, 6.07) is 0.375. The second-order valence-corrected chi connectivity index (χ2v) is 3.15. The summed E-state index contributed by atoms with van der Waals surface area (Å²) in [7, 11) is 0. The van der Waals surface area contributed by atoms with Crippen molar-refractivity contribution in [3.63, 3.8) is 0 Å². The lowest BCUT2D eigenvalue weighted by molar-refractivity contribution is 0.363. The van der Waals surface area contributed by atoms with Crippen molar-refractivity contribution in [3.05, 3.63) is 12.7 Å². The third-order valence-electron chi connectivity index (χ3n) is 2.13. The normalized spacial score (nSPS) is 34.6. The van der Waals surface area contributed by atoms with Gasteiger partial charge in [0.15, 0.2) is 0 Å². The van der Waals surface area contributed by atoms with Crippen molar-refractivity contribution in [2.45, 2.75) is 13.0 Å². The molecule has 0 aromatic rings. The highest BCUT2D eigenvalue weighted by atomic mass is 15.2. The molecule has 0 saturated carbocycles. The zero-order chi connectivity index (χ0) is 7.56. The fourth-order valence-electron chi connectivity index (χ4n) is 1.43. The summed E-state index contributed by atoms with van der Waals surface area (Å²) in [5.74, 6) is 0.653. The summed E-state index contributed by atoms with van der Waals surface area (Å²) in [5, 5.41) is 0. The Hall–Kier alpha value is -0.340. The smallest absolute Gasteiger partial charge is 0.0206 e. The summed E-state index contributed by atoms with van der Waals surface area (Å²) in [4.78, 5) is 2.34. The van der Waals surface area contributed by atoms with Crippen LogP contribution in [0, 0.1) is 5.92 Å². The van der Waals surface area contributed by atoms with Crippen molar-refractivity contribution < 1.29 is 0 Å². The standard InChI is InChI=1S/C8H16N2/c1-3-4-10-5-7(2)8(9)6-10/h3,7-8H,1,4-6,9H2,2H3. The summed E-state index contributed by atoms with van der Waals surface area (Å²) in [6.45, 7) is 9.05. The van der Waals surface area contributed by atoms with E-state index in [0.717, 1.165) is 19.6 Å². The predicted octanol–water partition coefficient (Wildman–Crippen LogP) is 0.451. The summed E-state index contributed by atoms with van der Waals surface area (Å²) in [5.41, 5.74) is 5.82. The minimum Gasteiger partial charge on any atom is -0.326 e. The molecule has 0 aromatic heterocycles. The summed E-state index contributed by atoms with van der Waals surface area (Å²) >= 11 is 0. The number of nitrogens with two attached hydrogens (primary N) is 1. The van der Waals surface area contributed by atoms with Crippen molar-refractivity contribution in [2.24, 2.45) is 11.7 Å². The average molecular weight is 140 g/mol. The lowest BCUT2D eigenvalue weighted by atomic mass is 10.1. The van der Waals surface area contributed by atoms with Gasteiger partial charge in [-0.25, -0.2) is 0 Å². The molecule has 1 rings (SSSR count). The Labute approximate surface area is 62.7 Å². The van der Waals surface area contributed by atoms with Crippen LogP contribution < -0.4 is 5.73 Å². The van der Waals surface area contributed by atoms with Gasteiger partial charge >= 0.3 is 0 Å². The first-order valence-electron chi connectivity index (χ1n) is 3.83. The number of hydrogen-bond donors (Lipinski definition) is 1. The Bertz CT molecular complexity index is 112. The van der Waals surface area contributed by atoms with Crippen LogP contribution in [0.3, 0.4) is 0 Å². The van der Waals surface area contributed by atoms with Gasteiger partial charge in [0.2, 0.25) is 0 Å². The van der Waals surface area contributed by atoms with Crippen molar-refractivity contribution in [3.8, 4) is 0 Å².